The Morgan fingerprint density at radius 1 is 1.50 bits per heavy atom. The van der Waals surface area contributed by atoms with Gasteiger partial charge in [0.05, 0.1) is 24.3 Å². The zero-order valence-corrected chi connectivity index (χ0v) is 11.8. The average Bonchev–Trinajstić information content (AvgIpc) is 2.20. The summed E-state index contributed by atoms with van der Waals surface area (Å²) in [7, 11) is 0. The molecular weight excluding hydrogens is 230 g/mol. The van der Waals surface area contributed by atoms with E-state index in [1.54, 1.807) is 11.0 Å². The summed E-state index contributed by atoms with van der Waals surface area (Å²) in [5.74, 6) is 0. The van der Waals surface area contributed by atoms with Crippen molar-refractivity contribution in [1.82, 2.24) is 4.90 Å². The molecule has 0 saturated heterocycles. The molecule has 0 aromatic heterocycles. The second-order valence-electron chi connectivity index (χ2n) is 5.57. The molecule has 1 aliphatic rings. The van der Waals surface area contributed by atoms with Crippen molar-refractivity contribution < 1.29 is 9.53 Å². The van der Waals surface area contributed by atoms with Crippen LogP contribution in [0.15, 0.2) is 17.3 Å². The Morgan fingerprint density at radius 2 is 2.11 bits per heavy atom. The van der Waals surface area contributed by atoms with E-state index in [1.807, 2.05) is 34.6 Å². The van der Waals surface area contributed by atoms with Crippen LogP contribution in [0.25, 0.3) is 0 Å². The summed E-state index contributed by atoms with van der Waals surface area (Å²) in [4.78, 5) is 18.3. The van der Waals surface area contributed by atoms with Crippen LogP contribution in [0.5, 0.6) is 0 Å². The summed E-state index contributed by atoms with van der Waals surface area (Å²) in [6, 6.07) is 0.0623. The molecule has 0 aromatic carbocycles. The Kier molecular flexibility index (Phi) is 4.38. The fraction of sp³-hybridized carbons (Fsp3) is 0.692. The lowest BCUT2D eigenvalue weighted by molar-refractivity contribution is 0.0182. The second-order valence-corrected chi connectivity index (χ2v) is 5.57. The minimum absolute atomic E-state index is 0.0229. The number of nitrogens with two attached hydrogens (primary N) is 1. The van der Waals surface area contributed by atoms with Crippen molar-refractivity contribution in [3.63, 3.8) is 0 Å². The molecule has 1 aliphatic heterocycles. The zero-order valence-electron chi connectivity index (χ0n) is 11.8. The largest absolute Gasteiger partial charge is 0.444 e. The summed E-state index contributed by atoms with van der Waals surface area (Å²) in [5.41, 5.74) is 5.68. The second kappa shape index (κ2) is 5.42. The molecule has 1 rings (SSSR count). The lowest BCUT2D eigenvalue weighted by Crippen LogP contribution is -2.51. The van der Waals surface area contributed by atoms with E-state index in [1.165, 1.54) is 6.20 Å². The van der Waals surface area contributed by atoms with Crippen molar-refractivity contribution in [2.75, 3.05) is 6.54 Å². The van der Waals surface area contributed by atoms with Crippen molar-refractivity contribution in [2.45, 2.75) is 52.3 Å². The van der Waals surface area contributed by atoms with E-state index >= 15 is 0 Å². The van der Waals surface area contributed by atoms with Crippen LogP contribution in [0.3, 0.4) is 0 Å². The van der Waals surface area contributed by atoms with Crippen molar-refractivity contribution >= 4 is 11.8 Å². The van der Waals surface area contributed by atoms with Gasteiger partial charge in [0.15, 0.2) is 0 Å². The number of hydrogen-bond acceptors (Lipinski definition) is 4. The fourth-order valence-corrected chi connectivity index (χ4v) is 1.75. The van der Waals surface area contributed by atoms with Gasteiger partial charge in [0.25, 0.3) is 0 Å². The molecule has 0 radical (unpaired) electrons. The predicted octanol–water partition coefficient (Wildman–Crippen LogP) is 1.93. The summed E-state index contributed by atoms with van der Waals surface area (Å²) >= 11 is 0. The highest BCUT2D eigenvalue weighted by Gasteiger charge is 2.32. The number of rotatable bonds is 1. The number of amides is 1. The third-order valence-electron chi connectivity index (χ3n) is 2.81. The van der Waals surface area contributed by atoms with Gasteiger partial charge < -0.3 is 10.5 Å². The minimum Gasteiger partial charge on any atom is -0.444 e. The Balaban J connectivity index is 2.83. The van der Waals surface area contributed by atoms with E-state index < -0.39 is 5.60 Å². The molecule has 1 heterocycles. The Morgan fingerprint density at radius 3 is 2.61 bits per heavy atom. The molecule has 2 atom stereocenters. The molecule has 0 fully saturated rings. The molecule has 18 heavy (non-hydrogen) atoms. The van der Waals surface area contributed by atoms with E-state index in [2.05, 4.69) is 4.99 Å². The molecule has 0 bridgehead atoms. The molecule has 1 amide bonds. The van der Waals surface area contributed by atoms with Crippen molar-refractivity contribution in [2.24, 2.45) is 10.7 Å². The van der Waals surface area contributed by atoms with Gasteiger partial charge in [0.1, 0.15) is 5.60 Å². The highest BCUT2D eigenvalue weighted by atomic mass is 16.6. The van der Waals surface area contributed by atoms with Gasteiger partial charge in [-0.25, -0.2) is 4.79 Å². The van der Waals surface area contributed by atoms with Crippen molar-refractivity contribution in [1.29, 1.82) is 0 Å². The van der Waals surface area contributed by atoms with Crippen LogP contribution in [0.4, 0.5) is 4.79 Å². The summed E-state index contributed by atoms with van der Waals surface area (Å²) in [6.45, 7) is 9.97. The number of ether oxygens (including phenoxy) is 1. The summed E-state index contributed by atoms with van der Waals surface area (Å²) < 4.78 is 5.40. The van der Waals surface area contributed by atoms with Crippen LogP contribution in [0.2, 0.25) is 0 Å². The van der Waals surface area contributed by atoms with E-state index in [9.17, 15) is 4.79 Å². The molecule has 0 spiro atoms. The van der Waals surface area contributed by atoms with Gasteiger partial charge in [-0.3, -0.25) is 9.89 Å². The Labute approximate surface area is 109 Å². The predicted molar refractivity (Wildman–Crippen MR) is 72.6 cm³/mol. The molecule has 0 aliphatic carbocycles. The number of hydrogen-bond donors (Lipinski definition) is 1. The zero-order chi connectivity index (χ0) is 13.9. The smallest absolute Gasteiger partial charge is 0.410 e. The first-order valence-electron chi connectivity index (χ1n) is 6.19. The van der Waals surface area contributed by atoms with E-state index in [0.717, 1.165) is 5.71 Å². The summed E-state index contributed by atoms with van der Waals surface area (Å²) in [5, 5.41) is 0. The maximum absolute atomic E-state index is 12.1. The molecule has 2 N–H and O–H groups in total. The van der Waals surface area contributed by atoms with Gasteiger partial charge in [0, 0.05) is 0 Å². The van der Waals surface area contributed by atoms with Gasteiger partial charge in [-0.2, -0.15) is 0 Å². The lowest BCUT2D eigenvalue weighted by atomic mass is 10.1. The van der Waals surface area contributed by atoms with Gasteiger partial charge in [-0.15, -0.1) is 0 Å². The standard InChI is InChI=1S/C13H23N3O2/c1-9-10(2)16(8-11(15-9)6-7-14)12(17)18-13(3,4)5/h6-7,9-10H,8,14H2,1-5H3/t9-,10-/m0/s1. The first-order valence-corrected chi connectivity index (χ1v) is 6.19. The Hall–Kier alpha value is -1.52. The monoisotopic (exact) mass is 253 g/mol. The molecule has 5 nitrogen and oxygen atoms in total. The van der Waals surface area contributed by atoms with Gasteiger partial charge >= 0.3 is 6.09 Å². The number of aliphatic imine (C=N–C) groups is 1. The first-order chi connectivity index (χ1) is 8.24. The van der Waals surface area contributed by atoms with Gasteiger partial charge in [0.2, 0.25) is 0 Å². The third kappa shape index (κ3) is 3.75. The number of carbonyl (C=O) groups is 1. The molecular formula is C13H23N3O2. The quantitative estimate of drug-likeness (QED) is 0.776. The maximum Gasteiger partial charge on any atom is 0.410 e. The third-order valence-corrected chi connectivity index (χ3v) is 2.81. The van der Waals surface area contributed by atoms with Crippen molar-refractivity contribution in [3.8, 4) is 0 Å². The highest BCUT2D eigenvalue weighted by molar-refractivity contribution is 5.98. The molecule has 0 saturated carbocycles. The van der Waals surface area contributed by atoms with Crippen LogP contribution in [-0.2, 0) is 4.74 Å². The average molecular weight is 253 g/mol. The van der Waals surface area contributed by atoms with Crippen molar-refractivity contribution in [3.05, 3.63) is 12.3 Å². The Bertz CT molecular complexity index is 369. The topological polar surface area (TPSA) is 67.9 Å². The normalized spacial score (nSPS) is 25.2. The SMILES string of the molecule is C[C@@H]1N=C(C=CN)CN(C(=O)OC(C)(C)C)[C@H]1C. The fourth-order valence-electron chi connectivity index (χ4n) is 1.75. The summed E-state index contributed by atoms with van der Waals surface area (Å²) in [6.07, 6.45) is 2.86. The van der Waals surface area contributed by atoms with Crippen LogP contribution in [0.1, 0.15) is 34.6 Å². The molecule has 0 unspecified atom stereocenters. The molecule has 0 aromatic rings. The van der Waals surface area contributed by atoms with Gasteiger partial charge in [-0.1, -0.05) is 0 Å². The maximum atomic E-state index is 12.1. The van der Waals surface area contributed by atoms with Crippen LogP contribution in [0, 0.1) is 0 Å². The van der Waals surface area contributed by atoms with Crippen LogP contribution >= 0.6 is 0 Å². The van der Waals surface area contributed by atoms with Crippen LogP contribution < -0.4 is 5.73 Å². The van der Waals surface area contributed by atoms with Crippen LogP contribution in [-0.4, -0.2) is 40.9 Å². The van der Waals surface area contributed by atoms with Gasteiger partial charge in [-0.05, 0) is 46.9 Å². The first kappa shape index (κ1) is 14.5. The number of carbonyl (C=O) groups excluding carboxylic acids is 1. The van der Waals surface area contributed by atoms with E-state index in [4.69, 9.17) is 10.5 Å². The lowest BCUT2D eigenvalue weighted by Gasteiger charge is -2.36. The molecule has 5 heteroatoms. The highest BCUT2D eigenvalue weighted by Crippen LogP contribution is 2.18. The van der Waals surface area contributed by atoms with E-state index in [-0.39, 0.29) is 18.2 Å². The number of nitrogens with zero attached hydrogens (tertiary/aromatic N) is 2. The minimum atomic E-state index is -0.488. The molecule has 102 valence electrons. The van der Waals surface area contributed by atoms with E-state index in [0.29, 0.717) is 6.54 Å².